The lowest BCUT2D eigenvalue weighted by molar-refractivity contribution is 0.0917. The zero-order valence-corrected chi connectivity index (χ0v) is 19.9. The Kier molecular flexibility index (Phi) is 6.50. The van der Waals surface area contributed by atoms with Crippen LogP contribution in [0.3, 0.4) is 0 Å². The molecule has 1 unspecified atom stereocenters. The molecule has 32 heavy (non-hydrogen) atoms. The fraction of sp³-hybridized carbons (Fsp3) is 0.391. The molecular weight excluding hydrogens is 448 g/mol. The van der Waals surface area contributed by atoms with Crippen LogP contribution in [0.5, 0.6) is 5.75 Å². The summed E-state index contributed by atoms with van der Waals surface area (Å²) in [6.07, 6.45) is 1.79. The van der Waals surface area contributed by atoms with Gasteiger partial charge in [0.15, 0.2) is 15.0 Å². The van der Waals surface area contributed by atoms with E-state index in [-0.39, 0.29) is 16.9 Å². The highest BCUT2D eigenvalue weighted by Gasteiger charge is 2.28. The molecule has 0 N–H and O–H groups in total. The molecule has 170 valence electrons. The van der Waals surface area contributed by atoms with Crippen LogP contribution >= 0.6 is 11.3 Å². The van der Waals surface area contributed by atoms with E-state index in [9.17, 15) is 13.2 Å². The molecule has 0 spiro atoms. The summed E-state index contributed by atoms with van der Waals surface area (Å²) in [6.45, 7) is 4.35. The van der Waals surface area contributed by atoms with E-state index in [1.165, 1.54) is 23.5 Å². The molecule has 3 aromatic rings. The van der Waals surface area contributed by atoms with Crippen molar-refractivity contribution in [3.05, 3.63) is 48.0 Å². The van der Waals surface area contributed by atoms with Crippen LogP contribution in [-0.2, 0) is 14.6 Å². The summed E-state index contributed by atoms with van der Waals surface area (Å²) >= 11 is 1.42. The number of fused-ring (bicyclic) bond motifs is 1. The van der Waals surface area contributed by atoms with E-state index in [1.807, 2.05) is 18.2 Å². The van der Waals surface area contributed by atoms with Gasteiger partial charge in [0, 0.05) is 12.2 Å². The quantitative estimate of drug-likeness (QED) is 0.507. The van der Waals surface area contributed by atoms with Gasteiger partial charge < -0.3 is 9.47 Å². The Morgan fingerprint density at radius 3 is 2.62 bits per heavy atom. The van der Waals surface area contributed by atoms with Crippen molar-refractivity contribution in [2.45, 2.75) is 42.9 Å². The maximum atomic E-state index is 13.5. The molecule has 1 aliphatic heterocycles. The topological polar surface area (TPSA) is 85.8 Å². The average Bonchev–Trinajstić information content (AvgIpc) is 3.45. The number of carbonyl (C=O) groups is 1. The van der Waals surface area contributed by atoms with Gasteiger partial charge in [-0.1, -0.05) is 11.3 Å². The molecule has 4 rings (SSSR count). The van der Waals surface area contributed by atoms with E-state index in [1.54, 1.807) is 38.0 Å². The Morgan fingerprint density at radius 1 is 1.25 bits per heavy atom. The van der Waals surface area contributed by atoms with Crippen LogP contribution in [0.25, 0.3) is 10.2 Å². The number of sulfone groups is 1. The molecule has 1 amide bonds. The maximum absolute atomic E-state index is 13.5. The summed E-state index contributed by atoms with van der Waals surface area (Å²) in [5.41, 5.74) is 1.19. The fourth-order valence-electron chi connectivity index (χ4n) is 3.59. The molecule has 0 saturated carbocycles. The summed E-state index contributed by atoms with van der Waals surface area (Å²) in [4.78, 5) is 20.0. The average molecular weight is 475 g/mol. The highest BCUT2D eigenvalue weighted by molar-refractivity contribution is 7.92. The molecule has 1 aromatic heterocycles. The van der Waals surface area contributed by atoms with E-state index in [2.05, 4.69) is 4.98 Å². The lowest BCUT2D eigenvalue weighted by Gasteiger charge is -2.23. The van der Waals surface area contributed by atoms with Crippen molar-refractivity contribution in [1.29, 1.82) is 0 Å². The summed E-state index contributed by atoms with van der Waals surface area (Å²) in [6, 6.07) is 11.7. The van der Waals surface area contributed by atoms with Gasteiger partial charge in [0.25, 0.3) is 5.91 Å². The van der Waals surface area contributed by atoms with Gasteiger partial charge in [-0.25, -0.2) is 13.4 Å². The van der Waals surface area contributed by atoms with Crippen molar-refractivity contribution >= 4 is 42.4 Å². The second-order valence-corrected chi connectivity index (χ2v) is 11.5. The number of benzene rings is 2. The molecule has 0 bridgehead atoms. The number of anilines is 1. The predicted octanol–water partition coefficient (Wildman–Crippen LogP) is 4.31. The zero-order valence-electron chi connectivity index (χ0n) is 18.3. The van der Waals surface area contributed by atoms with E-state index in [0.29, 0.717) is 23.8 Å². The smallest absolute Gasteiger partial charge is 0.260 e. The van der Waals surface area contributed by atoms with Gasteiger partial charge >= 0.3 is 0 Å². The van der Waals surface area contributed by atoms with E-state index in [0.717, 1.165) is 28.8 Å². The molecule has 1 aliphatic rings. The van der Waals surface area contributed by atoms with Crippen LogP contribution in [-0.4, -0.2) is 50.9 Å². The predicted molar refractivity (Wildman–Crippen MR) is 126 cm³/mol. The number of carbonyl (C=O) groups excluding carboxylic acids is 1. The lowest BCUT2D eigenvalue weighted by Crippen LogP contribution is -2.37. The number of amides is 1. The summed E-state index contributed by atoms with van der Waals surface area (Å²) in [5, 5.41) is 0.0486. The van der Waals surface area contributed by atoms with Crippen molar-refractivity contribution in [3.63, 3.8) is 0 Å². The van der Waals surface area contributed by atoms with Crippen LogP contribution < -0.4 is 9.64 Å². The standard InChI is InChI=1S/C23H26N2O5S2/c1-15(2)32(27,28)19-9-6-16(7-10-19)22(26)25(14-18-5-4-12-30-18)23-24-20-11-8-17(29-3)13-21(20)31-23/h6-11,13,15,18H,4-5,12,14H2,1-3H3. The van der Waals surface area contributed by atoms with Crippen molar-refractivity contribution < 1.29 is 22.7 Å². The zero-order chi connectivity index (χ0) is 22.9. The first-order valence-electron chi connectivity index (χ1n) is 10.5. The van der Waals surface area contributed by atoms with Crippen LogP contribution in [0.4, 0.5) is 5.13 Å². The molecular formula is C23H26N2O5S2. The molecule has 1 atom stereocenters. The molecule has 0 radical (unpaired) electrons. The second kappa shape index (κ2) is 9.17. The Hall–Kier alpha value is -2.49. The van der Waals surface area contributed by atoms with E-state index in [4.69, 9.17) is 9.47 Å². The Labute approximate surface area is 191 Å². The highest BCUT2D eigenvalue weighted by Crippen LogP contribution is 2.33. The minimum Gasteiger partial charge on any atom is -0.497 e. The third kappa shape index (κ3) is 4.51. The molecule has 2 aromatic carbocycles. The van der Waals surface area contributed by atoms with E-state index >= 15 is 0 Å². The van der Waals surface area contributed by atoms with Crippen LogP contribution in [0, 0.1) is 0 Å². The number of rotatable bonds is 7. The first-order valence-corrected chi connectivity index (χ1v) is 12.9. The van der Waals surface area contributed by atoms with Crippen LogP contribution in [0.15, 0.2) is 47.4 Å². The number of nitrogens with zero attached hydrogens (tertiary/aromatic N) is 2. The van der Waals surface area contributed by atoms with Crippen LogP contribution in [0.1, 0.15) is 37.0 Å². The first-order chi connectivity index (χ1) is 15.3. The third-order valence-corrected chi connectivity index (χ3v) is 8.73. The van der Waals surface area contributed by atoms with Gasteiger partial charge in [-0.15, -0.1) is 0 Å². The van der Waals surface area contributed by atoms with Gasteiger partial charge in [0.1, 0.15) is 5.75 Å². The molecule has 0 aliphatic carbocycles. The van der Waals surface area contributed by atoms with Gasteiger partial charge in [-0.05, 0) is 69.2 Å². The van der Waals surface area contributed by atoms with Crippen molar-refractivity contribution in [3.8, 4) is 5.75 Å². The molecule has 1 saturated heterocycles. The summed E-state index contributed by atoms with van der Waals surface area (Å²) in [7, 11) is -1.79. The number of methoxy groups -OCH3 is 1. The van der Waals surface area contributed by atoms with Crippen molar-refractivity contribution in [2.24, 2.45) is 0 Å². The molecule has 7 nitrogen and oxygen atoms in total. The Morgan fingerprint density at radius 2 is 2.00 bits per heavy atom. The maximum Gasteiger partial charge on any atom is 0.260 e. The molecule has 2 heterocycles. The number of aromatic nitrogens is 1. The Balaban J connectivity index is 1.68. The first kappa shape index (κ1) is 22.7. The van der Waals surface area contributed by atoms with Crippen LogP contribution in [0.2, 0.25) is 0 Å². The number of thiazole rings is 1. The van der Waals surface area contributed by atoms with Gasteiger partial charge in [-0.3, -0.25) is 9.69 Å². The number of ether oxygens (including phenoxy) is 2. The monoisotopic (exact) mass is 474 g/mol. The van der Waals surface area contributed by atoms with Gasteiger partial charge in [0.2, 0.25) is 0 Å². The normalized spacial score (nSPS) is 16.6. The van der Waals surface area contributed by atoms with Crippen molar-refractivity contribution in [2.75, 3.05) is 25.2 Å². The molecule has 9 heteroatoms. The SMILES string of the molecule is COc1ccc2nc(N(CC3CCCO3)C(=O)c3ccc(S(=O)(=O)C(C)C)cc3)sc2c1. The van der Waals surface area contributed by atoms with Gasteiger partial charge in [0.05, 0.1) is 40.1 Å². The minimum absolute atomic E-state index is 0.0545. The molecule has 1 fully saturated rings. The third-order valence-electron chi connectivity index (χ3n) is 5.52. The summed E-state index contributed by atoms with van der Waals surface area (Å²) < 4.78 is 36.8. The second-order valence-electron chi connectivity index (χ2n) is 8.00. The number of hydrogen-bond donors (Lipinski definition) is 0. The Bertz CT molecular complexity index is 1210. The largest absolute Gasteiger partial charge is 0.497 e. The van der Waals surface area contributed by atoms with Crippen molar-refractivity contribution in [1.82, 2.24) is 4.98 Å². The summed E-state index contributed by atoms with van der Waals surface area (Å²) in [5.74, 6) is 0.492. The fourth-order valence-corrected chi connectivity index (χ4v) is 5.65. The highest BCUT2D eigenvalue weighted by atomic mass is 32.2. The lowest BCUT2D eigenvalue weighted by atomic mass is 10.2. The number of hydrogen-bond acceptors (Lipinski definition) is 7. The van der Waals surface area contributed by atoms with E-state index < -0.39 is 15.1 Å². The van der Waals surface area contributed by atoms with Gasteiger partial charge in [-0.2, -0.15) is 0 Å². The minimum atomic E-state index is -3.40.